The highest BCUT2D eigenvalue weighted by molar-refractivity contribution is 7.98. The monoisotopic (exact) mass is 276 g/mol. The molecule has 2 N–H and O–H groups in total. The van der Waals surface area contributed by atoms with Crippen LogP contribution in [0.5, 0.6) is 0 Å². The van der Waals surface area contributed by atoms with Crippen molar-refractivity contribution in [1.82, 2.24) is 10.2 Å². The normalized spacial score (nSPS) is 11.9. The van der Waals surface area contributed by atoms with Gasteiger partial charge in [-0.1, -0.05) is 13.3 Å². The molecular weight excluding hydrogens is 252 g/mol. The highest BCUT2D eigenvalue weighted by atomic mass is 32.2. The second-order valence-corrected chi connectivity index (χ2v) is 5.04. The summed E-state index contributed by atoms with van der Waals surface area (Å²) in [6.07, 6.45) is 4.32. The molecule has 0 saturated carbocycles. The largest absolute Gasteiger partial charge is 0.480 e. The second-order valence-electron chi connectivity index (χ2n) is 4.06. The van der Waals surface area contributed by atoms with Gasteiger partial charge in [0.15, 0.2) is 0 Å². The fourth-order valence-electron chi connectivity index (χ4n) is 1.49. The number of aliphatic carboxylic acids is 1. The number of carbonyl (C=O) groups excluding carboxylic acids is 1. The molecule has 0 bridgehead atoms. The van der Waals surface area contributed by atoms with Crippen LogP contribution < -0.4 is 5.32 Å². The van der Waals surface area contributed by atoms with Gasteiger partial charge in [-0.25, -0.2) is 9.59 Å². The molecule has 0 aromatic carbocycles. The summed E-state index contributed by atoms with van der Waals surface area (Å²) in [6.45, 7) is 5.23. The van der Waals surface area contributed by atoms with Gasteiger partial charge in [0.25, 0.3) is 0 Å². The summed E-state index contributed by atoms with van der Waals surface area (Å²) >= 11 is 1.57. The fourth-order valence-corrected chi connectivity index (χ4v) is 1.96. The fraction of sp³-hybridized carbons (Fsp3) is 0.833. The summed E-state index contributed by atoms with van der Waals surface area (Å²) in [6, 6.07) is -1.07. The van der Waals surface area contributed by atoms with E-state index in [0.29, 0.717) is 19.5 Å². The molecule has 0 aliphatic heterocycles. The molecule has 1 atom stereocenters. The molecule has 0 heterocycles. The number of carboxylic acids is 1. The van der Waals surface area contributed by atoms with E-state index in [2.05, 4.69) is 12.2 Å². The molecule has 18 heavy (non-hydrogen) atoms. The van der Waals surface area contributed by atoms with Crippen molar-refractivity contribution < 1.29 is 14.7 Å². The molecule has 0 aliphatic carbocycles. The highest BCUT2D eigenvalue weighted by Gasteiger charge is 2.21. The minimum atomic E-state index is -0.969. The minimum Gasteiger partial charge on any atom is -0.480 e. The standard InChI is InChI=1S/C12H24N2O3S/c1-4-6-8-14(5-2)12(17)13-10(11(15)16)7-9-18-3/h10H,4-9H2,1-3H3,(H,13,17)(H,15,16)/t10-/m0/s1. The van der Waals surface area contributed by atoms with Crippen molar-refractivity contribution >= 4 is 23.8 Å². The molecule has 2 amide bonds. The molecule has 5 nitrogen and oxygen atoms in total. The number of urea groups is 1. The van der Waals surface area contributed by atoms with E-state index in [-0.39, 0.29) is 6.03 Å². The van der Waals surface area contributed by atoms with Crippen LogP contribution in [0.3, 0.4) is 0 Å². The Morgan fingerprint density at radius 3 is 2.50 bits per heavy atom. The predicted octanol–water partition coefficient (Wildman–Crippen LogP) is 2.02. The number of amides is 2. The molecule has 0 spiro atoms. The maximum Gasteiger partial charge on any atom is 0.326 e. The third kappa shape index (κ3) is 6.74. The van der Waals surface area contributed by atoms with E-state index in [1.807, 2.05) is 13.2 Å². The quantitative estimate of drug-likeness (QED) is 0.676. The van der Waals surface area contributed by atoms with Gasteiger partial charge in [-0.15, -0.1) is 0 Å². The number of carboxylic acid groups (broad SMARTS) is 1. The Hall–Kier alpha value is -0.910. The zero-order valence-electron chi connectivity index (χ0n) is 11.4. The van der Waals surface area contributed by atoms with Gasteiger partial charge in [0.1, 0.15) is 6.04 Å². The van der Waals surface area contributed by atoms with Crippen molar-refractivity contribution in [2.24, 2.45) is 0 Å². The molecule has 0 saturated heterocycles. The van der Waals surface area contributed by atoms with Crippen LogP contribution >= 0.6 is 11.8 Å². The minimum absolute atomic E-state index is 0.278. The zero-order chi connectivity index (χ0) is 14.0. The first kappa shape index (κ1) is 17.1. The predicted molar refractivity (Wildman–Crippen MR) is 75.1 cm³/mol. The SMILES string of the molecule is CCCCN(CC)C(=O)N[C@@H](CCSC)C(=O)O. The number of thioether (sulfide) groups is 1. The average molecular weight is 276 g/mol. The van der Waals surface area contributed by atoms with Crippen molar-refractivity contribution in [2.45, 2.75) is 39.2 Å². The number of unbranched alkanes of at least 4 members (excludes halogenated alkanes) is 1. The first-order valence-electron chi connectivity index (χ1n) is 6.33. The third-order valence-electron chi connectivity index (χ3n) is 2.66. The van der Waals surface area contributed by atoms with E-state index >= 15 is 0 Å². The summed E-state index contributed by atoms with van der Waals surface area (Å²) in [5.74, 6) is -0.248. The third-order valence-corrected chi connectivity index (χ3v) is 3.30. The van der Waals surface area contributed by atoms with E-state index in [0.717, 1.165) is 18.6 Å². The van der Waals surface area contributed by atoms with Gasteiger partial charge in [-0.3, -0.25) is 0 Å². The van der Waals surface area contributed by atoms with Crippen molar-refractivity contribution in [3.05, 3.63) is 0 Å². The smallest absolute Gasteiger partial charge is 0.326 e. The Kier molecular flexibility index (Phi) is 9.55. The Labute approximate surface area is 113 Å². The Bertz CT molecular complexity index is 262. The topological polar surface area (TPSA) is 69.6 Å². The van der Waals surface area contributed by atoms with Crippen molar-refractivity contribution in [3.63, 3.8) is 0 Å². The lowest BCUT2D eigenvalue weighted by molar-refractivity contribution is -0.139. The van der Waals surface area contributed by atoms with Gasteiger partial charge in [0.2, 0.25) is 0 Å². The molecule has 0 radical (unpaired) electrons. The lowest BCUT2D eigenvalue weighted by Crippen LogP contribution is -2.48. The van der Waals surface area contributed by atoms with E-state index < -0.39 is 12.0 Å². The van der Waals surface area contributed by atoms with Gasteiger partial charge in [0.05, 0.1) is 0 Å². The van der Waals surface area contributed by atoms with Crippen LogP contribution in [0.15, 0.2) is 0 Å². The summed E-state index contributed by atoms with van der Waals surface area (Å²) in [4.78, 5) is 24.6. The van der Waals surface area contributed by atoms with Gasteiger partial charge in [-0.05, 0) is 31.8 Å². The lowest BCUT2D eigenvalue weighted by atomic mass is 10.2. The van der Waals surface area contributed by atoms with E-state index in [9.17, 15) is 9.59 Å². The van der Waals surface area contributed by atoms with Crippen LogP contribution in [0, 0.1) is 0 Å². The number of carbonyl (C=O) groups is 2. The van der Waals surface area contributed by atoms with Crippen LogP contribution in [0.4, 0.5) is 4.79 Å². The first-order chi connectivity index (χ1) is 8.56. The van der Waals surface area contributed by atoms with Gasteiger partial charge in [0, 0.05) is 13.1 Å². The molecule has 0 aromatic heterocycles. The Morgan fingerprint density at radius 1 is 1.39 bits per heavy atom. The van der Waals surface area contributed by atoms with Crippen molar-refractivity contribution in [3.8, 4) is 0 Å². The highest BCUT2D eigenvalue weighted by Crippen LogP contribution is 2.03. The molecule has 6 heteroatoms. The number of nitrogens with zero attached hydrogens (tertiary/aromatic N) is 1. The number of nitrogens with one attached hydrogen (secondary N) is 1. The summed E-state index contributed by atoms with van der Waals surface area (Å²) in [7, 11) is 0. The number of hydrogen-bond donors (Lipinski definition) is 2. The maximum atomic E-state index is 11.9. The van der Waals surface area contributed by atoms with Gasteiger partial charge >= 0.3 is 12.0 Å². The van der Waals surface area contributed by atoms with E-state index in [1.165, 1.54) is 0 Å². The van der Waals surface area contributed by atoms with Gasteiger partial charge < -0.3 is 15.3 Å². The maximum absolute atomic E-state index is 11.9. The van der Waals surface area contributed by atoms with Crippen LogP contribution in [-0.2, 0) is 4.79 Å². The van der Waals surface area contributed by atoms with Crippen LogP contribution in [-0.4, -0.2) is 53.1 Å². The van der Waals surface area contributed by atoms with E-state index in [4.69, 9.17) is 5.11 Å². The van der Waals surface area contributed by atoms with Crippen molar-refractivity contribution in [1.29, 1.82) is 0 Å². The van der Waals surface area contributed by atoms with Crippen LogP contribution in [0.1, 0.15) is 33.1 Å². The summed E-state index contributed by atoms with van der Waals surface area (Å²) in [5.41, 5.74) is 0. The zero-order valence-corrected chi connectivity index (χ0v) is 12.3. The average Bonchev–Trinajstić information content (AvgIpc) is 2.34. The molecule has 0 rings (SSSR count). The molecule has 106 valence electrons. The lowest BCUT2D eigenvalue weighted by Gasteiger charge is -2.23. The summed E-state index contributed by atoms with van der Waals surface area (Å²) in [5, 5.41) is 11.6. The molecule has 0 aliphatic rings. The molecule has 0 aromatic rings. The van der Waals surface area contributed by atoms with E-state index in [1.54, 1.807) is 16.7 Å². The number of rotatable bonds is 9. The number of hydrogen-bond acceptors (Lipinski definition) is 3. The van der Waals surface area contributed by atoms with Crippen LogP contribution in [0.25, 0.3) is 0 Å². The molecule has 0 unspecified atom stereocenters. The first-order valence-corrected chi connectivity index (χ1v) is 7.73. The Morgan fingerprint density at radius 2 is 2.06 bits per heavy atom. The van der Waals surface area contributed by atoms with Crippen LogP contribution in [0.2, 0.25) is 0 Å². The Balaban J connectivity index is 4.32. The van der Waals surface area contributed by atoms with Gasteiger partial charge in [-0.2, -0.15) is 11.8 Å². The molecular formula is C12H24N2O3S. The van der Waals surface area contributed by atoms with Crippen molar-refractivity contribution in [2.75, 3.05) is 25.1 Å². The second kappa shape index (κ2) is 10.1. The molecule has 0 fully saturated rings. The summed E-state index contributed by atoms with van der Waals surface area (Å²) < 4.78 is 0.